The van der Waals surface area contributed by atoms with E-state index in [1.807, 2.05) is 18.2 Å². The summed E-state index contributed by atoms with van der Waals surface area (Å²) in [6.45, 7) is 2.21. The first-order valence-corrected chi connectivity index (χ1v) is 7.90. The normalized spacial score (nSPS) is 17.2. The number of carbonyl (C=O) groups is 1. The molecule has 6 nitrogen and oxygen atoms in total. The highest BCUT2D eigenvalue weighted by atomic mass is 16.2. The van der Waals surface area contributed by atoms with E-state index in [4.69, 9.17) is 0 Å². The largest absolute Gasteiger partial charge is 0.350 e. The van der Waals surface area contributed by atoms with Crippen LogP contribution in [0.4, 0.5) is 0 Å². The summed E-state index contributed by atoms with van der Waals surface area (Å²) in [6.07, 6.45) is 4.37. The maximum Gasteiger partial charge on any atom is 0.254 e. The molecule has 1 unspecified atom stereocenters. The van der Waals surface area contributed by atoms with Crippen molar-refractivity contribution in [2.24, 2.45) is 5.92 Å². The molecule has 0 aromatic carbocycles. The second-order valence-corrected chi connectivity index (χ2v) is 5.89. The number of aryl methyl sites for hydroxylation is 2. The van der Waals surface area contributed by atoms with Crippen molar-refractivity contribution in [2.45, 2.75) is 39.2 Å². The number of nitrogens with zero attached hydrogens (tertiary/aromatic N) is 2. The Morgan fingerprint density at radius 1 is 1.35 bits per heavy atom. The molecule has 1 aliphatic rings. The molecule has 2 N–H and O–H groups in total. The van der Waals surface area contributed by atoms with Gasteiger partial charge in [-0.05, 0) is 44.7 Å². The van der Waals surface area contributed by atoms with Crippen LogP contribution >= 0.6 is 0 Å². The van der Waals surface area contributed by atoms with E-state index in [1.165, 1.54) is 0 Å². The molecule has 2 aromatic heterocycles. The first kappa shape index (κ1) is 15.4. The van der Waals surface area contributed by atoms with Gasteiger partial charge < -0.3 is 10.3 Å². The molecule has 2 aromatic rings. The van der Waals surface area contributed by atoms with E-state index in [1.54, 1.807) is 13.1 Å². The highest BCUT2D eigenvalue weighted by molar-refractivity contribution is 5.78. The third kappa shape index (κ3) is 3.64. The van der Waals surface area contributed by atoms with Crippen molar-refractivity contribution in [1.29, 1.82) is 0 Å². The van der Waals surface area contributed by atoms with Gasteiger partial charge in [0.2, 0.25) is 5.91 Å². The van der Waals surface area contributed by atoms with Crippen molar-refractivity contribution in [3.63, 3.8) is 0 Å². The van der Waals surface area contributed by atoms with E-state index in [0.717, 1.165) is 23.4 Å². The fraction of sp³-hybridized carbons (Fsp3) is 0.412. The minimum absolute atomic E-state index is 0.0246. The van der Waals surface area contributed by atoms with Crippen LogP contribution in [0.3, 0.4) is 0 Å². The summed E-state index contributed by atoms with van der Waals surface area (Å²) < 4.78 is 0. The molecule has 6 heteroatoms. The van der Waals surface area contributed by atoms with Gasteiger partial charge >= 0.3 is 0 Å². The van der Waals surface area contributed by atoms with Gasteiger partial charge in [-0.1, -0.05) is 6.07 Å². The molecule has 0 aliphatic heterocycles. The second-order valence-electron chi connectivity index (χ2n) is 5.89. The first-order valence-electron chi connectivity index (χ1n) is 7.90. The number of nitrogens with one attached hydrogen (secondary N) is 2. The Kier molecular flexibility index (Phi) is 4.50. The Morgan fingerprint density at radius 3 is 2.96 bits per heavy atom. The number of amides is 1. The zero-order chi connectivity index (χ0) is 16.2. The summed E-state index contributed by atoms with van der Waals surface area (Å²) >= 11 is 0. The van der Waals surface area contributed by atoms with Crippen LogP contribution in [0.2, 0.25) is 0 Å². The molecule has 23 heavy (non-hydrogen) atoms. The zero-order valence-corrected chi connectivity index (χ0v) is 13.1. The van der Waals surface area contributed by atoms with Gasteiger partial charge in [-0.15, -0.1) is 0 Å². The van der Waals surface area contributed by atoms with E-state index < -0.39 is 0 Å². The Bertz CT molecular complexity index is 755. The van der Waals surface area contributed by atoms with Gasteiger partial charge in [0, 0.05) is 17.7 Å². The molecular formula is C17H20N4O2. The Morgan fingerprint density at radius 2 is 2.17 bits per heavy atom. The number of hydrogen-bond acceptors (Lipinski definition) is 4. The van der Waals surface area contributed by atoms with Gasteiger partial charge in [0.05, 0.1) is 17.9 Å². The van der Waals surface area contributed by atoms with Crippen molar-refractivity contribution in [3.8, 4) is 0 Å². The van der Waals surface area contributed by atoms with E-state index >= 15 is 0 Å². The van der Waals surface area contributed by atoms with Gasteiger partial charge in [-0.2, -0.15) is 0 Å². The third-order valence-corrected chi connectivity index (χ3v) is 4.23. The summed E-state index contributed by atoms with van der Waals surface area (Å²) in [5.74, 6) is 0.566. The Hall–Kier alpha value is -2.50. The lowest BCUT2D eigenvalue weighted by Gasteiger charge is -2.13. The molecule has 3 rings (SSSR count). The van der Waals surface area contributed by atoms with E-state index in [2.05, 4.69) is 20.3 Å². The average Bonchev–Trinajstić information content (AvgIpc) is 2.76. The van der Waals surface area contributed by atoms with Crippen LogP contribution in [0.25, 0.3) is 0 Å². The van der Waals surface area contributed by atoms with E-state index in [-0.39, 0.29) is 17.4 Å². The number of carbonyl (C=O) groups excluding carboxylic acids is 1. The molecule has 2 heterocycles. The summed E-state index contributed by atoms with van der Waals surface area (Å²) in [6, 6.07) is 5.63. The van der Waals surface area contributed by atoms with Gasteiger partial charge in [-0.25, -0.2) is 4.98 Å². The van der Waals surface area contributed by atoms with Crippen LogP contribution in [0.15, 0.2) is 29.2 Å². The van der Waals surface area contributed by atoms with Crippen molar-refractivity contribution in [2.75, 3.05) is 0 Å². The maximum atomic E-state index is 12.4. The molecule has 0 spiro atoms. The average molecular weight is 312 g/mol. The van der Waals surface area contributed by atoms with Crippen LogP contribution in [0, 0.1) is 12.8 Å². The number of rotatable bonds is 3. The van der Waals surface area contributed by atoms with Crippen LogP contribution in [0.1, 0.15) is 35.6 Å². The fourth-order valence-electron chi connectivity index (χ4n) is 2.99. The number of H-pyrrole nitrogens is 1. The fourth-order valence-corrected chi connectivity index (χ4v) is 2.99. The molecule has 1 aliphatic carbocycles. The summed E-state index contributed by atoms with van der Waals surface area (Å²) in [4.78, 5) is 35.8. The summed E-state index contributed by atoms with van der Waals surface area (Å²) in [7, 11) is 0. The van der Waals surface area contributed by atoms with Crippen LogP contribution in [-0.4, -0.2) is 20.9 Å². The van der Waals surface area contributed by atoms with Gasteiger partial charge in [0.15, 0.2) is 0 Å². The number of aromatic amines is 1. The van der Waals surface area contributed by atoms with Crippen LogP contribution < -0.4 is 10.9 Å². The van der Waals surface area contributed by atoms with Gasteiger partial charge in [0.1, 0.15) is 5.82 Å². The van der Waals surface area contributed by atoms with E-state index in [9.17, 15) is 9.59 Å². The number of aromatic nitrogens is 3. The van der Waals surface area contributed by atoms with Crippen LogP contribution in [0.5, 0.6) is 0 Å². The SMILES string of the molecule is Cc1nc2c(c(=O)[nH]1)CCC(C(=O)NCc1ccccn1)CC2. The van der Waals surface area contributed by atoms with Crippen molar-refractivity contribution < 1.29 is 4.79 Å². The number of hydrogen-bond donors (Lipinski definition) is 2. The lowest BCUT2D eigenvalue weighted by Crippen LogP contribution is -2.30. The Balaban J connectivity index is 1.64. The van der Waals surface area contributed by atoms with Crippen molar-refractivity contribution >= 4 is 5.91 Å². The maximum absolute atomic E-state index is 12.4. The van der Waals surface area contributed by atoms with Crippen LogP contribution in [-0.2, 0) is 24.2 Å². The standard InChI is InChI=1S/C17H20N4O2/c1-11-20-15-8-6-12(5-7-14(15)17(23)21-11)16(22)19-10-13-4-2-3-9-18-13/h2-4,9,12H,5-8,10H2,1H3,(H,19,22)(H,20,21,23). The number of fused-ring (bicyclic) bond motifs is 1. The summed E-state index contributed by atoms with van der Waals surface area (Å²) in [5, 5.41) is 2.94. The first-order chi connectivity index (χ1) is 11.1. The predicted molar refractivity (Wildman–Crippen MR) is 85.8 cm³/mol. The van der Waals surface area contributed by atoms with Crippen molar-refractivity contribution in [1.82, 2.24) is 20.3 Å². The number of pyridine rings is 1. The zero-order valence-electron chi connectivity index (χ0n) is 13.1. The van der Waals surface area contributed by atoms with Gasteiger partial charge in [0.25, 0.3) is 5.56 Å². The quantitative estimate of drug-likeness (QED) is 0.836. The molecule has 0 saturated heterocycles. The lowest BCUT2D eigenvalue weighted by atomic mass is 9.99. The van der Waals surface area contributed by atoms with Crippen molar-refractivity contribution in [3.05, 3.63) is 57.5 Å². The third-order valence-electron chi connectivity index (χ3n) is 4.23. The summed E-state index contributed by atoms with van der Waals surface area (Å²) in [5.41, 5.74) is 2.34. The lowest BCUT2D eigenvalue weighted by molar-refractivity contribution is -0.125. The highest BCUT2D eigenvalue weighted by Gasteiger charge is 2.24. The molecule has 0 fully saturated rings. The smallest absolute Gasteiger partial charge is 0.254 e. The van der Waals surface area contributed by atoms with E-state index in [0.29, 0.717) is 31.6 Å². The molecule has 1 amide bonds. The highest BCUT2D eigenvalue weighted by Crippen LogP contribution is 2.21. The molecule has 0 saturated carbocycles. The predicted octanol–water partition coefficient (Wildman–Crippen LogP) is 1.28. The minimum Gasteiger partial charge on any atom is -0.350 e. The second kappa shape index (κ2) is 6.73. The molecule has 120 valence electrons. The minimum atomic E-state index is -0.0902. The monoisotopic (exact) mass is 312 g/mol. The topological polar surface area (TPSA) is 87.7 Å². The van der Waals surface area contributed by atoms with Gasteiger partial charge in [-0.3, -0.25) is 14.6 Å². The molecule has 0 radical (unpaired) electrons. The molecule has 1 atom stereocenters. The Labute approximate surface area is 134 Å². The molecular weight excluding hydrogens is 292 g/mol. The molecule has 0 bridgehead atoms.